The molecule has 4 rings (SSSR count). The van der Waals surface area contributed by atoms with Crippen LogP contribution in [0.4, 0.5) is 5.69 Å². The second-order valence-electron chi connectivity index (χ2n) is 5.81. The van der Waals surface area contributed by atoms with E-state index < -0.39 is 0 Å². The fourth-order valence-electron chi connectivity index (χ4n) is 2.81. The number of benzene rings is 2. The highest BCUT2D eigenvalue weighted by Crippen LogP contribution is 2.19. The zero-order chi connectivity index (χ0) is 17.9. The minimum absolute atomic E-state index is 0.191. The summed E-state index contributed by atoms with van der Waals surface area (Å²) in [6.07, 6.45) is 3.13. The molecule has 0 aliphatic heterocycles. The van der Waals surface area contributed by atoms with Crippen molar-refractivity contribution < 1.29 is 4.79 Å². The molecule has 0 unspecified atom stereocenters. The lowest BCUT2D eigenvalue weighted by Crippen LogP contribution is -2.14. The molecule has 0 saturated carbocycles. The van der Waals surface area contributed by atoms with Gasteiger partial charge < -0.3 is 5.32 Å². The molecule has 0 spiro atoms. The van der Waals surface area contributed by atoms with E-state index in [1.165, 1.54) is 6.33 Å². The number of para-hydroxylation sites is 1. The van der Waals surface area contributed by atoms with Crippen LogP contribution in [0.5, 0.6) is 0 Å². The maximum Gasteiger partial charge on any atom is 0.255 e. The van der Waals surface area contributed by atoms with Crippen molar-refractivity contribution in [3.63, 3.8) is 0 Å². The molecular formula is C18H17N7O. The van der Waals surface area contributed by atoms with Crippen molar-refractivity contribution in [2.75, 3.05) is 5.32 Å². The molecule has 0 aliphatic carbocycles. The Morgan fingerprint density at radius 3 is 2.88 bits per heavy atom. The van der Waals surface area contributed by atoms with Crippen molar-refractivity contribution in [2.24, 2.45) is 0 Å². The number of carbonyl (C=O) groups is 1. The van der Waals surface area contributed by atoms with Crippen LogP contribution in [0.2, 0.25) is 0 Å². The van der Waals surface area contributed by atoms with Gasteiger partial charge in [0.2, 0.25) is 0 Å². The third kappa shape index (κ3) is 3.04. The molecule has 4 aromatic rings. The van der Waals surface area contributed by atoms with Crippen LogP contribution in [0.3, 0.4) is 0 Å². The first-order chi connectivity index (χ1) is 12.7. The summed E-state index contributed by atoms with van der Waals surface area (Å²) in [5, 5.41) is 15.3. The predicted octanol–water partition coefficient (Wildman–Crippen LogP) is 2.34. The van der Waals surface area contributed by atoms with Gasteiger partial charge in [-0.1, -0.05) is 23.4 Å². The molecule has 26 heavy (non-hydrogen) atoms. The number of hydrogen-bond donors (Lipinski definition) is 1. The van der Waals surface area contributed by atoms with E-state index >= 15 is 0 Å². The largest absolute Gasteiger partial charge is 0.322 e. The number of amides is 1. The van der Waals surface area contributed by atoms with Crippen molar-refractivity contribution in [1.82, 2.24) is 29.8 Å². The maximum absolute atomic E-state index is 12.7. The fraction of sp³-hybridized carbons (Fsp3) is 0.167. The molecule has 2 aromatic carbocycles. The Kier molecular flexibility index (Phi) is 4.14. The maximum atomic E-state index is 12.7. The highest BCUT2D eigenvalue weighted by atomic mass is 16.1. The highest BCUT2D eigenvalue weighted by Gasteiger charge is 2.12. The molecule has 0 fully saturated rings. The van der Waals surface area contributed by atoms with Crippen LogP contribution < -0.4 is 5.32 Å². The Morgan fingerprint density at radius 2 is 2.08 bits per heavy atom. The number of aromatic nitrogens is 6. The Balaban J connectivity index is 1.58. The van der Waals surface area contributed by atoms with Crippen LogP contribution in [-0.2, 0) is 13.1 Å². The Bertz CT molecular complexity index is 1050. The smallest absolute Gasteiger partial charge is 0.255 e. The van der Waals surface area contributed by atoms with E-state index in [4.69, 9.17) is 0 Å². The second-order valence-corrected chi connectivity index (χ2v) is 5.81. The number of aryl methyl sites for hydroxylation is 1. The van der Waals surface area contributed by atoms with E-state index in [-0.39, 0.29) is 5.91 Å². The molecule has 0 radical (unpaired) electrons. The van der Waals surface area contributed by atoms with Gasteiger partial charge >= 0.3 is 0 Å². The summed E-state index contributed by atoms with van der Waals surface area (Å²) in [5.74, 6) is -0.191. The summed E-state index contributed by atoms with van der Waals surface area (Å²) in [6.45, 7) is 3.26. The summed E-state index contributed by atoms with van der Waals surface area (Å²) >= 11 is 0. The third-order valence-electron chi connectivity index (χ3n) is 4.14. The van der Waals surface area contributed by atoms with Gasteiger partial charge in [-0.2, -0.15) is 5.10 Å². The van der Waals surface area contributed by atoms with Crippen LogP contribution in [0, 0.1) is 0 Å². The fourth-order valence-corrected chi connectivity index (χ4v) is 2.81. The number of fused-ring (bicyclic) bond motifs is 1. The topological polar surface area (TPSA) is 90.5 Å². The van der Waals surface area contributed by atoms with E-state index in [2.05, 4.69) is 25.7 Å². The monoisotopic (exact) mass is 347 g/mol. The van der Waals surface area contributed by atoms with E-state index in [0.717, 1.165) is 23.3 Å². The summed E-state index contributed by atoms with van der Waals surface area (Å²) in [5.41, 5.74) is 3.84. The van der Waals surface area contributed by atoms with Crippen LogP contribution in [0.15, 0.2) is 55.1 Å². The van der Waals surface area contributed by atoms with Gasteiger partial charge in [0.15, 0.2) is 0 Å². The van der Waals surface area contributed by atoms with Gasteiger partial charge in [0.1, 0.15) is 18.2 Å². The Morgan fingerprint density at radius 1 is 1.19 bits per heavy atom. The molecule has 1 amide bonds. The van der Waals surface area contributed by atoms with Crippen LogP contribution in [-0.4, -0.2) is 35.7 Å². The summed E-state index contributed by atoms with van der Waals surface area (Å²) < 4.78 is 3.50. The predicted molar refractivity (Wildman–Crippen MR) is 96.7 cm³/mol. The minimum atomic E-state index is -0.191. The molecule has 2 heterocycles. The van der Waals surface area contributed by atoms with E-state index in [1.807, 2.05) is 37.3 Å². The molecule has 130 valence electrons. The molecule has 1 N–H and O–H groups in total. The number of nitrogens with zero attached hydrogens (tertiary/aromatic N) is 6. The number of anilines is 1. The number of hydrogen-bond acceptors (Lipinski definition) is 5. The second kappa shape index (κ2) is 6.75. The van der Waals surface area contributed by atoms with Crippen molar-refractivity contribution >= 4 is 22.6 Å². The standard InChI is InChI=1S/C18H17N7O/c1-2-25-17-8-7-13(9-16(17)22-23-25)18(26)21-15-6-4-3-5-14(15)10-24-12-19-11-20-24/h3-9,11-12H,2,10H2,1H3,(H,21,26). The van der Waals surface area contributed by atoms with Crippen molar-refractivity contribution in [3.8, 4) is 0 Å². The van der Waals surface area contributed by atoms with Gasteiger partial charge in [-0.3, -0.25) is 4.79 Å². The average Bonchev–Trinajstić information content (AvgIpc) is 3.32. The lowest BCUT2D eigenvalue weighted by molar-refractivity contribution is 0.102. The number of carbonyl (C=O) groups excluding carboxylic acids is 1. The minimum Gasteiger partial charge on any atom is -0.322 e. The van der Waals surface area contributed by atoms with Crippen molar-refractivity contribution in [3.05, 3.63) is 66.2 Å². The number of rotatable bonds is 5. The first-order valence-corrected chi connectivity index (χ1v) is 8.29. The van der Waals surface area contributed by atoms with Crippen molar-refractivity contribution in [1.29, 1.82) is 0 Å². The van der Waals surface area contributed by atoms with Crippen LogP contribution >= 0.6 is 0 Å². The van der Waals surface area contributed by atoms with Gasteiger partial charge in [0.05, 0.1) is 12.1 Å². The molecule has 8 nitrogen and oxygen atoms in total. The molecule has 0 aliphatic rings. The summed E-state index contributed by atoms with van der Waals surface area (Å²) in [7, 11) is 0. The first-order valence-electron chi connectivity index (χ1n) is 8.29. The summed E-state index contributed by atoms with van der Waals surface area (Å²) in [6, 6.07) is 13.0. The van der Waals surface area contributed by atoms with Gasteiger partial charge in [-0.15, -0.1) is 5.10 Å². The van der Waals surface area contributed by atoms with E-state index in [0.29, 0.717) is 17.6 Å². The zero-order valence-corrected chi connectivity index (χ0v) is 14.2. The molecule has 0 atom stereocenters. The van der Waals surface area contributed by atoms with Crippen LogP contribution in [0.1, 0.15) is 22.8 Å². The molecule has 8 heteroatoms. The lowest BCUT2D eigenvalue weighted by atomic mass is 10.1. The molecule has 0 bridgehead atoms. The highest BCUT2D eigenvalue weighted by molar-refractivity contribution is 6.06. The first kappa shape index (κ1) is 15.9. The van der Waals surface area contributed by atoms with Gasteiger partial charge in [0, 0.05) is 17.8 Å². The van der Waals surface area contributed by atoms with E-state index in [1.54, 1.807) is 27.8 Å². The van der Waals surface area contributed by atoms with Crippen LogP contribution in [0.25, 0.3) is 11.0 Å². The third-order valence-corrected chi connectivity index (χ3v) is 4.14. The Hall–Kier alpha value is -3.55. The normalized spacial score (nSPS) is 11.0. The van der Waals surface area contributed by atoms with Gasteiger partial charge in [-0.25, -0.2) is 14.3 Å². The molecule has 0 saturated heterocycles. The summed E-state index contributed by atoms with van der Waals surface area (Å²) in [4.78, 5) is 16.6. The Labute approximate surface area is 149 Å². The van der Waals surface area contributed by atoms with Crippen molar-refractivity contribution in [2.45, 2.75) is 20.0 Å². The van der Waals surface area contributed by atoms with Gasteiger partial charge in [0.25, 0.3) is 5.91 Å². The molecule has 2 aromatic heterocycles. The zero-order valence-electron chi connectivity index (χ0n) is 14.2. The lowest BCUT2D eigenvalue weighted by Gasteiger charge is -2.11. The van der Waals surface area contributed by atoms with E-state index in [9.17, 15) is 4.79 Å². The number of nitrogens with one attached hydrogen (secondary N) is 1. The molecular weight excluding hydrogens is 330 g/mol. The SMILES string of the molecule is CCn1nnc2cc(C(=O)Nc3ccccc3Cn3cncn3)ccc21. The van der Waals surface area contributed by atoms with Gasteiger partial charge in [-0.05, 0) is 36.8 Å². The average molecular weight is 347 g/mol. The quantitative estimate of drug-likeness (QED) is 0.598.